The molecule has 122 valence electrons. The van der Waals surface area contributed by atoms with Crippen LogP contribution < -0.4 is 15.8 Å². The van der Waals surface area contributed by atoms with E-state index in [1.54, 1.807) is 6.92 Å². The molecule has 0 spiro atoms. The van der Waals surface area contributed by atoms with Crippen LogP contribution >= 0.6 is 11.8 Å². The highest BCUT2D eigenvalue weighted by atomic mass is 32.2. The van der Waals surface area contributed by atoms with E-state index in [1.807, 2.05) is 36.5 Å². The molecule has 0 aliphatic carbocycles. The Balaban J connectivity index is 1.88. The minimum Gasteiger partial charge on any atom is -0.484 e. The van der Waals surface area contributed by atoms with E-state index in [1.165, 1.54) is 0 Å². The summed E-state index contributed by atoms with van der Waals surface area (Å²) in [4.78, 5) is 22.2. The van der Waals surface area contributed by atoms with Crippen LogP contribution in [0.4, 0.5) is 4.79 Å². The summed E-state index contributed by atoms with van der Waals surface area (Å²) in [5.74, 6) is 0.460. The number of hydrogen-bond donors (Lipinski definition) is 2. The van der Waals surface area contributed by atoms with Crippen LogP contribution in [0.15, 0.2) is 33.9 Å². The van der Waals surface area contributed by atoms with Crippen molar-refractivity contribution >= 4 is 23.7 Å². The van der Waals surface area contributed by atoms with E-state index in [0.717, 1.165) is 17.3 Å². The summed E-state index contributed by atoms with van der Waals surface area (Å²) in [5, 5.41) is 9.25. The lowest BCUT2D eigenvalue weighted by Crippen LogP contribution is -2.39. The van der Waals surface area contributed by atoms with Gasteiger partial charge in [0.15, 0.2) is 6.61 Å². The van der Waals surface area contributed by atoms with Crippen LogP contribution in [-0.4, -0.2) is 27.4 Å². The van der Waals surface area contributed by atoms with E-state index in [-0.39, 0.29) is 17.7 Å². The zero-order chi connectivity index (χ0) is 16.8. The smallest absolute Gasteiger partial charge is 0.318 e. The van der Waals surface area contributed by atoms with Crippen LogP contribution in [-0.2, 0) is 11.4 Å². The molecule has 8 nitrogen and oxygen atoms in total. The number of amides is 3. The minimum absolute atomic E-state index is 0.124. The summed E-state index contributed by atoms with van der Waals surface area (Å²) >= 11 is 1.02. The number of rotatable bonds is 6. The first-order valence-corrected chi connectivity index (χ1v) is 7.61. The third-order valence-corrected chi connectivity index (χ3v) is 3.63. The normalized spacial score (nSPS) is 11.7. The number of hydrogen-bond acceptors (Lipinski definition) is 7. The lowest BCUT2D eigenvalue weighted by Gasteiger charge is -2.06. The summed E-state index contributed by atoms with van der Waals surface area (Å²) < 4.78 is 10.9. The van der Waals surface area contributed by atoms with Crippen molar-refractivity contribution in [3.8, 4) is 5.75 Å². The molecule has 0 bridgehead atoms. The lowest BCUT2D eigenvalue weighted by atomic mass is 10.2. The van der Waals surface area contributed by atoms with Crippen LogP contribution in [0.2, 0.25) is 0 Å². The van der Waals surface area contributed by atoms with E-state index in [2.05, 4.69) is 10.2 Å². The summed E-state index contributed by atoms with van der Waals surface area (Å²) in [7, 11) is 0. The van der Waals surface area contributed by atoms with Crippen molar-refractivity contribution in [3.63, 3.8) is 0 Å². The van der Waals surface area contributed by atoms with Crippen molar-refractivity contribution in [2.24, 2.45) is 5.73 Å². The number of nitrogens with zero attached hydrogens (tertiary/aromatic N) is 2. The molecule has 0 fully saturated rings. The van der Waals surface area contributed by atoms with Gasteiger partial charge in [0, 0.05) is 0 Å². The first-order valence-electron chi connectivity index (χ1n) is 6.73. The number of primary amides is 1. The lowest BCUT2D eigenvalue weighted by molar-refractivity contribution is -0.119. The second kappa shape index (κ2) is 7.63. The Labute approximate surface area is 136 Å². The Morgan fingerprint density at radius 1 is 1.43 bits per heavy atom. The highest BCUT2D eigenvalue weighted by Gasteiger charge is 2.19. The molecular formula is C14H16N4O4S. The molecule has 2 rings (SSSR count). The van der Waals surface area contributed by atoms with Crippen molar-refractivity contribution < 1.29 is 18.7 Å². The summed E-state index contributed by atoms with van der Waals surface area (Å²) in [5.41, 5.74) is 5.97. The topological polar surface area (TPSA) is 120 Å². The number of urea groups is 1. The predicted octanol–water partition coefficient (Wildman–Crippen LogP) is 1.63. The molecule has 0 aliphatic heterocycles. The van der Waals surface area contributed by atoms with Gasteiger partial charge < -0.3 is 14.9 Å². The zero-order valence-electron chi connectivity index (χ0n) is 12.6. The fourth-order valence-electron chi connectivity index (χ4n) is 1.62. The van der Waals surface area contributed by atoms with Gasteiger partial charge in [0.2, 0.25) is 5.91 Å². The Morgan fingerprint density at radius 2 is 2.22 bits per heavy atom. The second-order valence-electron chi connectivity index (χ2n) is 4.68. The fraction of sp³-hybridized carbons (Fsp3) is 0.286. The summed E-state index contributed by atoms with van der Waals surface area (Å²) in [6, 6.07) is 6.67. The van der Waals surface area contributed by atoms with Gasteiger partial charge in [-0.3, -0.25) is 10.1 Å². The largest absolute Gasteiger partial charge is 0.484 e. The van der Waals surface area contributed by atoms with Crippen LogP contribution in [0.3, 0.4) is 0 Å². The molecule has 23 heavy (non-hydrogen) atoms. The molecule has 0 saturated carbocycles. The average molecular weight is 336 g/mol. The Hall–Kier alpha value is -2.55. The molecule has 1 atom stereocenters. The van der Waals surface area contributed by atoms with Gasteiger partial charge in [0.25, 0.3) is 11.1 Å². The quantitative estimate of drug-likeness (QED) is 0.769. The molecule has 1 unspecified atom stereocenters. The van der Waals surface area contributed by atoms with Crippen molar-refractivity contribution in [1.82, 2.24) is 15.5 Å². The van der Waals surface area contributed by atoms with E-state index in [4.69, 9.17) is 14.9 Å². The van der Waals surface area contributed by atoms with Crippen molar-refractivity contribution in [2.45, 2.75) is 30.9 Å². The van der Waals surface area contributed by atoms with Crippen LogP contribution in [0.25, 0.3) is 0 Å². The van der Waals surface area contributed by atoms with Crippen molar-refractivity contribution in [2.75, 3.05) is 0 Å². The molecule has 0 saturated heterocycles. The number of nitrogens with one attached hydrogen (secondary N) is 1. The number of aromatic nitrogens is 2. The third kappa shape index (κ3) is 5.29. The van der Waals surface area contributed by atoms with Gasteiger partial charge in [-0.25, -0.2) is 4.79 Å². The van der Waals surface area contributed by atoms with Gasteiger partial charge in [-0.15, -0.1) is 10.2 Å². The number of thioether (sulfide) groups is 1. The highest BCUT2D eigenvalue weighted by Crippen LogP contribution is 2.22. The number of ether oxygens (including phenoxy) is 1. The van der Waals surface area contributed by atoms with E-state index in [9.17, 15) is 9.59 Å². The molecule has 0 radical (unpaired) electrons. The Bertz CT molecular complexity index is 704. The van der Waals surface area contributed by atoms with E-state index >= 15 is 0 Å². The third-order valence-electron chi connectivity index (χ3n) is 2.69. The van der Waals surface area contributed by atoms with Crippen molar-refractivity contribution in [3.05, 3.63) is 35.7 Å². The predicted molar refractivity (Wildman–Crippen MR) is 82.9 cm³/mol. The molecule has 1 aromatic heterocycles. The first kappa shape index (κ1) is 16.8. The first-order chi connectivity index (χ1) is 10.9. The standard InChI is InChI=1S/C14H16N4O4S/c1-8-4-3-5-10(6-8)21-7-11-17-18-14(22-11)23-9(2)12(19)16-13(15)20/h3-6,9H,7H2,1-2H3,(H3,15,16,19,20). The molecule has 9 heteroatoms. The second-order valence-corrected chi connectivity index (χ2v) is 5.97. The van der Waals surface area contributed by atoms with Gasteiger partial charge in [0.1, 0.15) is 5.75 Å². The van der Waals surface area contributed by atoms with Gasteiger partial charge >= 0.3 is 6.03 Å². The molecule has 3 amide bonds. The maximum atomic E-state index is 11.6. The van der Waals surface area contributed by atoms with Gasteiger partial charge in [0.05, 0.1) is 5.25 Å². The van der Waals surface area contributed by atoms with Crippen LogP contribution in [0, 0.1) is 6.92 Å². The molecule has 1 aromatic carbocycles. The van der Waals surface area contributed by atoms with E-state index < -0.39 is 17.2 Å². The number of imide groups is 1. The number of carbonyl (C=O) groups is 2. The van der Waals surface area contributed by atoms with Crippen LogP contribution in [0.1, 0.15) is 18.4 Å². The Morgan fingerprint density at radius 3 is 2.91 bits per heavy atom. The molecule has 2 aromatic rings. The number of carbonyl (C=O) groups excluding carboxylic acids is 2. The SMILES string of the molecule is Cc1cccc(OCc2nnc(SC(C)C(=O)NC(N)=O)o2)c1. The minimum atomic E-state index is -0.903. The maximum absolute atomic E-state index is 11.6. The average Bonchev–Trinajstić information content (AvgIpc) is 2.92. The summed E-state index contributed by atoms with van der Waals surface area (Å²) in [6.07, 6.45) is 0. The molecule has 0 aliphatic rings. The Kier molecular flexibility index (Phi) is 5.58. The summed E-state index contributed by atoms with van der Waals surface area (Å²) in [6.45, 7) is 3.68. The molecular weight excluding hydrogens is 320 g/mol. The number of benzene rings is 1. The van der Waals surface area contributed by atoms with Gasteiger partial charge in [-0.1, -0.05) is 23.9 Å². The fourth-order valence-corrected chi connectivity index (χ4v) is 2.32. The maximum Gasteiger partial charge on any atom is 0.318 e. The highest BCUT2D eigenvalue weighted by molar-refractivity contribution is 8.00. The number of nitrogens with two attached hydrogens (primary N) is 1. The van der Waals surface area contributed by atoms with Gasteiger partial charge in [-0.2, -0.15) is 0 Å². The monoisotopic (exact) mass is 336 g/mol. The molecule has 1 heterocycles. The zero-order valence-corrected chi connectivity index (χ0v) is 13.4. The number of aryl methyl sites for hydroxylation is 1. The molecule has 3 N–H and O–H groups in total. The van der Waals surface area contributed by atoms with Crippen molar-refractivity contribution in [1.29, 1.82) is 0 Å². The van der Waals surface area contributed by atoms with Crippen LogP contribution in [0.5, 0.6) is 5.75 Å². The van der Waals surface area contributed by atoms with E-state index in [0.29, 0.717) is 5.75 Å². The van der Waals surface area contributed by atoms with Gasteiger partial charge in [-0.05, 0) is 31.5 Å².